The van der Waals surface area contributed by atoms with Gasteiger partial charge in [0.05, 0.1) is 6.10 Å². The van der Waals surface area contributed by atoms with Gasteiger partial charge in [-0.2, -0.15) is 0 Å². The molecule has 0 aromatic heterocycles. The van der Waals surface area contributed by atoms with E-state index >= 15 is 0 Å². The van der Waals surface area contributed by atoms with E-state index in [0.717, 1.165) is 0 Å². The van der Waals surface area contributed by atoms with Crippen molar-refractivity contribution in [3.05, 3.63) is 0 Å². The first-order chi connectivity index (χ1) is 5.46. The lowest BCUT2D eigenvalue weighted by Gasteiger charge is -2.38. The van der Waals surface area contributed by atoms with Crippen LogP contribution in [-0.2, 0) is 9.53 Å². The van der Waals surface area contributed by atoms with Gasteiger partial charge in [0.1, 0.15) is 12.2 Å². The van der Waals surface area contributed by atoms with Gasteiger partial charge in [0.2, 0.25) is 0 Å². The summed E-state index contributed by atoms with van der Waals surface area (Å²) in [6.45, 7) is 1.33. The van der Waals surface area contributed by atoms with Gasteiger partial charge >= 0.3 is 0 Å². The normalized spacial score (nSPS) is 48.8. The summed E-state index contributed by atoms with van der Waals surface area (Å²) in [5.74, 6) is -1.54. The number of aliphatic hydroxyl groups excluding tert-OH is 2. The molecule has 0 aliphatic carbocycles. The number of hydrogen-bond donors (Lipinski definition) is 3. The molecule has 4 atom stereocenters. The van der Waals surface area contributed by atoms with Crippen LogP contribution in [0, 0.1) is 0 Å². The molecule has 0 aromatic rings. The molecule has 1 aliphatic heterocycles. The fraction of sp³-hybridized carbons (Fsp3) is 0.857. The highest BCUT2D eigenvalue weighted by Crippen LogP contribution is 2.25. The van der Waals surface area contributed by atoms with Crippen LogP contribution in [-0.4, -0.2) is 45.7 Å². The average Bonchev–Trinajstić information content (AvgIpc) is 1.96. The number of carbonyl (C=O) groups is 1. The fourth-order valence-corrected chi connectivity index (χ4v) is 1.25. The summed E-state index contributed by atoms with van der Waals surface area (Å²) in [7, 11) is 0. The Morgan fingerprint density at radius 2 is 2.17 bits per heavy atom. The molecule has 5 heteroatoms. The molecule has 0 bridgehead atoms. The number of aldehydes is 1. The predicted molar refractivity (Wildman–Crippen MR) is 38.2 cm³/mol. The van der Waals surface area contributed by atoms with Crippen molar-refractivity contribution in [3.63, 3.8) is 0 Å². The van der Waals surface area contributed by atoms with Crippen LogP contribution in [0.1, 0.15) is 13.3 Å². The summed E-state index contributed by atoms with van der Waals surface area (Å²) in [4.78, 5) is 10.3. The molecule has 0 spiro atoms. The molecule has 3 N–H and O–H groups in total. The third kappa shape index (κ3) is 1.81. The Labute approximate surface area is 69.6 Å². The quantitative estimate of drug-likeness (QED) is 0.419. The first kappa shape index (κ1) is 9.60. The second-order valence-corrected chi connectivity index (χ2v) is 3.16. The number of rotatable bonds is 1. The van der Waals surface area contributed by atoms with Crippen LogP contribution in [0.5, 0.6) is 0 Å². The molecule has 1 heterocycles. The first-order valence-electron chi connectivity index (χ1n) is 3.68. The zero-order valence-corrected chi connectivity index (χ0v) is 6.67. The van der Waals surface area contributed by atoms with Gasteiger partial charge in [-0.05, 0) is 6.92 Å². The maximum Gasteiger partial charge on any atom is 0.166 e. The minimum absolute atomic E-state index is 0.0987. The molecule has 1 saturated heterocycles. The minimum atomic E-state index is -1.54. The Hall–Kier alpha value is -0.490. The summed E-state index contributed by atoms with van der Waals surface area (Å²) in [5, 5.41) is 27.6. The van der Waals surface area contributed by atoms with Gasteiger partial charge in [-0.1, -0.05) is 0 Å². The van der Waals surface area contributed by atoms with E-state index in [0.29, 0.717) is 6.29 Å². The lowest BCUT2D eigenvalue weighted by molar-refractivity contribution is -0.280. The topological polar surface area (TPSA) is 87.0 Å². The fourth-order valence-electron chi connectivity index (χ4n) is 1.25. The lowest BCUT2D eigenvalue weighted by Crippen LogP contribution is -2.53. The minimum Gasteiger partial charge on any atom is -0.390 e. The summed E-state index contributed by atoms with van der Waals surface area (Å²) >= 11 is 0. The summed E-state index contributed by atoms with van der Waals surface area (Å²) in [6, 6.07) is 0. The number of hydrogen-bond acceptors (Lipinski definition) is 5. The maximum atomic E-state index is 10.3. The average molecular weight is 176 g/mol. The molecular weight excluding hydrogens is 164 g/mol. The molecule has 1 aliphatic rings. The summed E-state index contributed by atoms with van der Waals surface area (Å²) in [5.41, 5.74) is 0. The van der Waals surface area contributed by atoms with Crippen molar-refractivity contribution in [2.75, 3.05) is 0 Å². The maximum absolute atomic E-state index is 10.3. The van der Waals surface area contributed by atoms with Crippen LogP contribution in [0.4, 0.5) is 0 Å². The third-order valence-corrected chi connectivity index (χ3v) is 1.84. The molecule has 5 nitrogen and oxygen atoms in total. The van der Waals surface area contributed by atoms with Crippen LogP contribution in [0.25, 0.3) is 0 Å². The standard InChI is InChI=1S/C7H12O5/c1-7(11)2-4(9)6(10)5(3-8)12-7/h3-6,9-11H,2H2,1H3/t4?,5?,6-,7?/m0/s1. The van der Waals surface area contributed by atoms with E-state index in [2.05, 4.69) is 0 Å². The molecule has 0 aromatic carbocycles. The molecule has 3 unspecified atom stereocenters. The molecule has 1 fully saturated rings. The van der Waals surface area contributed by atoms with Crippen molar-refractivity contribution in [2.24, 2.45) is 0 Å². The first-order valence-corrected chi connectivity index (χ1v) is 3.68. The zero-order valence-electron chi connectivity index (χ0n) is 6.67. The van der Waals surface area contributed by atoms with E-state index in [4.69, 9.17) is 14.9 Å². The van der Waals surface area contributed by atoms with Crippen LogP contribution < -0.4 is 0 Å². The van der Waals surface area contributed by atoms with Crippen LogP contribution in [0.3, 0.4) is 0 Å². The van der Waals surface area contributed by atoms with Crippen LogP contribution >= 0.6 is 0 Å². The smallest absolute Gasteiger partial charge is 0.166 e. The second kappa shape index (κ2) is 3.10. The molecule has 12 heavy (non-hydrogen) atoms. The van der Waals surface area contributed by atoms with E-state index in [-0.39, 0.29) is 6.42 Å². The van der Waals surface area contributed by atoms with Gasteiger partial charge in [0.15, 0.2) is 12.1 Å². The Kier molecular flexibility index (Phi) is 2.48. The van der Waals surface area contributed by atoms with Gasteiger partial charge in [-0.3, -0.25) is 0 Å². The van der Waals surface area contributed by atoms with Crippen LogP contribution in [0.15, 0.2) is 0 Å². The summed E-state index contributed by atoms with van der Waals surface area (Å²) < 4.78 is 4.78. The highest BCUT2D eigenvalue weighted by molar-refractivity contribution is 5.57. The van der Waals surface area contributed by atoms with Gasteiger partial charge in [0, 0.05) is 6.42 Å². The molecular formula is C7H12O5. The van der Waals surface area contributed by atoms with E-state index in [1.165, 1.54) is 6.92 Å². The SMILES string of the molecule is CC1(O)CC(O)[C@H](O)C(C=O)O1. The second-order valence-electron chi connectivity index (χ2n) is 3.16. The third-order valence-electron chi connectivity index (χ3n) is 1.84. The molecule has 70 valence electrons. The van der Waals surface area contributed by atoms with Crippen molar-refractivity contribution in [1.82, 2.24) is 0 Å². The van der Waals surface area contributed by atoms with Crippen molar-refractivity contribution in [1.29, 1.82) is 0 Å². The van der Waals surface area contributed by atoms with Crippen molar-refractivity contribution >= 4 is 6.29 Å². The zero-order chi connectivity index (χ0) is 9.35. The Bertz CT molecular complexity index is 179. The van der Waals surface area contributed by atoms with Crippen molar-refractivity contribution < 1.29 is 24.9 Å². The van der Waals surface area contributed by atoms with E-state index in [9.17, 15) is 9.90 Å². The molecule has 0 radical (unpaired) electrons. The monoisotopic (exact) mass is 176 g/mol. The molecule has 0 amide bonds. The van der Waals surface area contributed by atoms with Gasteiger partial charge < -0.3 is 24.9 Å². The van der Waals surface area contributed by atoms with Gasteiger partial charge in [0.25, 0.3) is 0 Å². The van der Waals surface area contributed by atoms with Crippen molar-refractivity contribution in [2.45, 2.75) is 37.4 Å². The predicted octanol–water partition coefficient (Wildman–Crippen LogP) is -1.60. The highest BCUT2D eigenvalue weighted by Gasteiger charge is 2.42. The Morgan fingerprint density at radius 3 is 2.67 bits per heavy atom. The van der Waals surface area contributed by atoms with Gasteiger partial charge in [-0.25, -0.2) is 0 Å². The summed E-state index contributed by atoms with van der Waals surface area (Å²) in [6.07, 6.45) is -3.25. The van der Waals surface area contributed by atoms with E-state index < -0.39 is 24.1 Å². The highest BCUT2D eigenvalue weighted by atomic mass is 16.6. The molecule has 1 rings (SSSR count). The number of ether oxygens (including phenoxy) is 1. The Balaban J connectivity index is 2.71. The molecule has 0 saturated carbocycles. The van der Waals surface area contributed by atoms with Crippen LogP contribution in [0.2, 0.25) is 0 Å². The number of aliphatic hydroxyl groups is 3. The number of carbonyl (C=O) groups excluding carboxylic acids is 1. The van der Waals surface area contributed by atoms with E-state index in [1.54, 1.807) is 0 Å². The Morgan fingerprint density at radius 1 is 1.58 bits per heavy atom. The van der Waals surface area contributed by atoms with Crippen molar-refractivity contribution in [3.8, 4) is 0 Å². The van der Waals surface area contributed by atoms with E-state index in [1.807, 2.05) is 0 Å². The lowest BCUT2D eigenvalue weighted by atomic mass is 9.97. The van der Waals surface area contributed by atoms with Gasteiger partial charge in [-0.15, -0.1) is 0 Å². The largest absolute Gasteiger partial charge is 0.390 e.